The van der Waals surface area contributed by atoms with Crippen molar-refractivity contribution in [3.05, 3.63) is 35.0 Å². The molecule has 0 aliphatic carbocycles. The summed E-state index contributed by atoms with van der Waals surface area (Å²) in [5.74, 6) is -0.588. The first kappa shape index (κ1) is 14.0. The molecule has 0 N–H and O–H groups in total. The first-order valence-electron chi connectivity index (χ1n) is 5.64. The zero-order valence-corrected chi connectivity index (χ0v) is 11.2. The van der Waals surface area contributed by atoms with Crippen molar-refractivity contribution >= 4 is 17.5 Å². The van der Waals surface area contributed by atoms with Crippen LogP contribution in [0.4, 0.5) is 9.18 Å². The molecule has 1 heterocycles. The van der Waals surface area contributed by atoms with Gasteiger partial charge in [-0.2, -0.15) is 5.26 Å². The van der Waals surface area contributed by atoms with E-state index < -0.39 is 12.0 Å². The van der Waals surface area contributed by atoms with Gasteiger partial charge in [0.1, 0.15) is 11.9 Å². The van der Waals surface area contributed by atoms with E-state index in [4.69, 9.17) is 10.00 Å². The van der Waals surface area contributed by atoms with Crippen molar-refractivity contribution in [3.63, 3.8) is 0 Å². The van der Waals surface area contributed by atoms with Crippen LogP contribution in [0, 0.1) is 17.1 Å². The number of nitrogens with zero attached hydrogens (tertiary/aromatic N) is 2. The topological polar surface area (TPSA) is 72.2 Å². The molecule has 0 aliphatic rings. The second kappa shape index (κ2) is 6.12. The van der Waals surface area contributed by atoms with Crippen LogP contribution in [0.3, 0.4) is 0 Å². The van der Waals surface area contributed by atoms with Gasteiger partial charge in [-0.15, -0.1) is 0 Å². The van der Waals surface area contributed by atoms with Gasteiger partial charge in [-0.3, -0.25) is 0 Å². The van der Waals surface area contributed by atoms with Crippen molar-refractivity contribution in [3.8, 4) is 22.5 Å². The van der Waals surface area contributed by atoms with Crippen molar-refractivity contribution < 1.29 is 18.7 Å². The first-order chi connectivity index (χ1) is 9.63. The molecule has 2 rings (SSSR count). The standard InChI is InChI=1S/C13H9FN2O3S/c1-2-18-13(17)19-12-16-11(7-20-12)8-3-4-10(14)9(5-8)6-15/h3-5,7H,2H2,1H3. The average Bonchev–Trinajstić information content (AvgIpc) is 2.88. The third-order valence-corrected chi connectivity index (χ3v) is 3.02. The smallest absolute Gasteiger partial charge is 0.434 e. The second-order valence-corrected chi connectivity index (χ2v) is 4.41. The lowest BCUT2D eigenvalue weighted by molar-refractivity contribution is 0.104. The summed E-state index contributed by atoms with van der Waals surface area (Å²) in [6, 6.07) is 5.84. The van der Waals surface area contributed by atoms with E-state index in [9.17, 15) is 9.18 Å². The highest BCUT2D eigenvalue weighted by Gasteiger charge is 2.12. The third kappa shape index (κ3) is 3.10. The molecule has 0 saturated heterocycles. The molecule has 1 aromatic heterocycles. The molecule has 0 aliphatic heterocycles. The predicted octanol–water partition coefficient (Wildman–Crippen LogP) is 3.36. The minimum absolute atomic E-state index is 0.0663. The van der Waals surface area contributed by atoms with Crippen LogP contribution in [0.2, 0.25) is 0 Å². The second-order valence-electron chi connectivity index (χ2n) is 3.59. The van der Waals surface area contributed by atoms with E-state index in [-0.39, 0.29) is 17.4 Å². The van der Waals surface area contributed by atoms with E-state index in [1.165, 1.54) is 18.2 Å². The largest absolute Gasteiger partial charge is 0.515 e. The molecule has 0 fully saturated rings. The Kier molecular flexibility index (Phi) is 4.27. The van der Waals surface area contributed by atoms with Crippen LogP contribution in [0.1, 0.15) is 12.5 Å². The van der Waals surface area contributed by atoms with Crippen molar-refractivity contribution in [2.24, 2.45) is 0 Å². The molecule has 0 atom stereocenters. The van der Waals surface area contributed by atoms with E-state index >= 15 is 0 Å². The van der Waals surface area contributed by atoms with Crippen LogP contribution in [0.25, 0.3) is 11.3 Å². The van der Waals surface area contributed by atoms with Crippen LogP contribution in [0.15, 0.2) is 23.6 Å². The van der Waals surface area contributed by atoms with Crippen LogP contribution in [0.5, 0.6) is 5.19 Å². The first-order valence-corrected chi connectivity index (χ1v) is 6.52. The Morgan fingerprint density at radius 1 is 1.55 bits per heavy atom. The van der Waals surface area contributed by atoms with E-state index in [1.54, 1.807) is 18.4 Å². The summed E-state index contributed by atoms with van der Waals surface area (Å²) in [5, 5.41) is 10.5. The molecule has 7 heteroatoms. The Hall–Kier alpha value is -2.46. The molecule has 0 unspecified atom stereocenters. The molecule has 5 nitrogen and oxygen atoms in total. The molecular formula is C13H9FN2O3S. The highest BCUT2D eigenvalue weighted by molar-refractivity contribution is 7.11. The molecular weight excluding hydrogens is 283 g/mol. The molecule has 0 bridgehead atoms. The lowest BCUT2D eigenvalue weighted by atomic mass is 10.1. The summed E-state index contributed by atoms with van der Waals surface area (Å²) >= 11 is 1.11. The number of rotatable bonds is 3. The van der Waals surface area contributed by atoms with Gasteiger partial charge in [0, 0.05) is 10.9 Å². The predicted molar refractivity (Wildman–Crippen MR) is 69.9 cm³/mol. The van der Waals surface area contributed by atoms with Crippen LogP contribution in [-0.2, 0) is 4.74 Å². The fourth-order valence-corrected chi connectivity index (χ4v) is 2.09. The Labute approximate surface area is 118 Å². The summed E-state index contributed by atoms with van der Waals surface area (Å²) in [6.07, 6.45) is -0.828. The number of carbonyl (C=O) groups excluding carboxylic acids is 1. The lowest BCUT2D eigenvalue weighted by Crippen LogP contribution is -2.09. The van der Waals surface area contributed by atoms with Crippen LogP contribution < -0.4 is 4.74 Å². The summed E-state index contributed by atoms with van der Waals surface area (Å²) < 4.78 is 22.7. The molecule has 0 radical (unpaired) electrons. The summed E-state index contributed by atoms with van der Waals surface area (Å²) in [7, 11) is 0. The summed E-state index contributed by atoms with van der Waals surface area (Å²) in [6.45, 7) is 1.87. The van der Waals surface area contributed by atoms with E-state index in [0.717, 1.165) is 11.3 Å². The minimum Gasteiger partial charge on any atom is -0.434 e. The molecule has 0 amide bonds. The lowest BCUT2D eigenvalue weighted by Gasteiger charge is -2.00. The number of aromatic nitrogens is 1. The van der Waals surface area contributed by atoms with Gasteiger partial charge in [0.2, 0.25) is 0 Å². The Balaban J connectivity index is 2.21. The zero-order valence-electron chi connectivity index (χ0n) is 10.4. The number of nitriles is 1. The zero-order chi connectivity index (χ0) is 14.5. The van der Waals surface area contributed by atoms with Gasteiger partial charge in [-0.25, -0.2) is 14.2 Å². The number of hydrogen-bond acceptors (Lipinski definition) is 6. The third-order valence-electron chi connectivity index (χ3n) is 2.30. The fourth-order valence-electron chi connectivity index (χ4n) is 1.43. The monoisotopic (exact) mass is 292 g/mol. The molecule has 0 spiro atoms. The highest BCUT2D eigenvalue weighted by Crippen LogP contribution is 2.27. The summed E-state index contributed by atoms with van der Waals surface area (Å²) in [4.78, 5) is 15.2. The van der Waals surface area contributed by atoms with Gasteiger partial charge in [0.25, 0.3) is 5.19 Å². The summed E-state index contributed by atoms with van der Waals surface area (Å²) in [5.41, 5.74) is 0.993. The van der Waals surface area contributed by atoms with E-state index in [1.807, 2.05) is 0 Å². The molecule has 20 heavy (non-hydrogen) atoms. The maximum atomic E-state index is 13.2. The van der Waals surface area contributed by atoms with Crippen LogP contribution in [-0.4, -0.2) is 17.7 Å². The minimum atomic E-state index is -0.828. The van der Waals surface area contributed by atoms with Crippen molar-refractivity contribution in [1.82, 2.24) is 4.98 Å². The van der Waals surface area contributed by atoms with Gasteiger partial charge in [0.05, 0.1) is 17.9 Å². The number of thiazole rings is 1. The normalized spacial score (nSPS) is 9.85. The molecule has 1 aromatic carbocycles. The van der Waals surface area contributed by atoms with Crippen molar-refractivity contribution in [2.75, 3.05) is 6.61 Å². The van der Waals surface area contributed by atoms with Gasteiger partial charge in [-0.05, 0) is 25.1 Å². The molecule has 2 aromatic rings. The maximum Gasteiger partial charge on any atom is 0.515 e. The highest BCUT2D eigenvalue weighted by atomic mass is 32.1. The maximum absolute atomic E-state index is 13.2. The van der Waals surface area contributed by atoms with Gasteiger partial charge in [-0.1, -0.05) is 11.3 Å². The van der Waals surface area contributed by atoms with Gasteiger partial charge >= 0.3 is 6.16 Å². The van der Waals surface area contributed by atoms with Gasteiger partial charge < -0.3 is 9.47 Å². The fraction of sp³-hybridized carbons (Fsp3) is 0.154. The van der Waals surface area contributed by atoms with E-state index in [2.05, 4.69) is 9.72 Å². The number of halogens is 1. The van der Waals surface area contributed by atoms with Crippen molar-refractivity contribution in [1.29, 1.82) is 5.26 Å². The quantitative estimate of drug-likeness (QED) is 0.811. The molecule has 102 valence electrons. The average molecular weight is 292 g/mol. The Morgan fingerprint density at radius 3 is 3.05 bits per heavy atom. The Bertz CT molecular complexity index is 678. The SMILES string of the molecule is CCOC(=O)Oc1nc(-c2ccc(F)c(C#N)c2)cs1. The number of hydrogen-bond donors (Lipinski definition) is 0. The number of carbonyl (C=O) groups is 1. The van der Waals surface area contributed by atoms with E-state index in [0.29, 0.717) is 11.3 Å². The van der Waals surface area contributed by atoms with Gasteiger partial charge in [0.15, 0.2) is 0 Å². The van der Waals surface area contributed by atoms with Crippen molar-refractivity contribution in [2.45, 2.75) is 6.92 Å². The van der Waals surface area contributed by atoms with Crippen LogP contribution >= 0.6 is 11.3 Å². The Morgan fingerprint density at radius 2 is 2.35 bits per heavy atom. The molecule has 0 saturated carbocycles. The number of ether oxygens (including phenoxy) is 2. The number of benzene rings is 1.